The Balaban J connectivity index is 1.74. The molecular formula is C21H22N2O3. The molecule has 1 aliphatic rings. The van der Waals surface area contributed by atoms with Crippen LogP contribution in [0.25, 0.3) is 0 Å². The summed E-state index contributed by atoms with van der Waals surface area (Å²) in [7, 11) is 1.46. The van der Waals surface area contributed by atoms with E-state index in [0.29, 0.717) is 24.2 Å². The van der Waals surface area contributed by atoms with Crippen molar-refractivity contribution in [3.8, 4) is 0 Å². The molecule has 1 unspecified atom stereocenters. The van der Waals surface area contributed by atoms with Gasteiger partial charge in [0.1, 0.15) is 13.4 Å². The van der Waals surface area contributed by atoms with E-state index >= 15 is 0 Å². The molecule has 0 bridgehead atoms. The molecule has 1 saturated heterocycles. The van der Waals surface area contributed by atoms with Gasteiger partial charge in [0.2, 0.25) is 0 Å². The van der Waals surface area contributed by atoms with Gasteiger partial charge in [0.25, 0.3) is 5.91 Å². The number of carbonyl (C=O) groups excluding carboxylic acids is 2. The summed E-state index contributed by atoms with van der Waals surface area (Å²) >= 11 is 0. The van der Waals surface area contributed by atoms with Crippen molar-refractivity contribution in [2.24, 2.45) is 5.16 Å². The summed E-state index contributed by atoms with van der Waals surface area (Å²) in [6.45, 7) is 2.42. The fourth-order valence-electron chi connectivity index (χ4n) is 3.23. The summed E-state index contributed by atoms with van der Waals surface area (Å²) in [5, 5.41) is 3.88. The lowest BCUT2D eigenvalue weighted by atomic mass is 9.99. The number of rotatable bonds is 5. The van der Waals surface area contributed by atoms with E-state index in [1.165, 1.54) is 18.2 Å². The molecule has 2 aromatic rings. The van der Waals surface area contributed by atoms with Crippen molar-refractivity contribution >= 4 is 17.9 Å². The lowest BCUT2D eigenvalue weighted by molar-refractivity contribution is -0.111. The predicted molar refractivity (Wildman–Crippen MR) is 100 cm³/mol. The molecule has 0 radical (unpaired) electrons. The van der Waals surface area contributed by atoms with Crippen molar-refractivity contribution in [2.75, 3.05) is 13.7 Å². The number of benzene rings is 2. The van der Waals surface area contributed by atoms with Crippen LogP contribution in [0, 0.1) is 6.92 Å². The van der Waals surface area contributed by atoms with Gasteiger partial charge in [-0.15, -0.1) is 0 Å². The third-order valence-corrected chi connectivity index (χ3v) is 4.69. The van der Waals surface area contributed by atoms with Crippen molar-refractivity contribution < 1.29 is 14.4 Å². The molecule has 5 nitrogen and oxygen atoms in total. The molecule has 3 rings (SSSR count). The summed E-state index contributed by atoms with van der Waals surface area (Å²) in [4.78, 5) is 30.4. The number of carbonyl (C=O) groups is 2. The first kappa shape index (κ1) is 17.9. The molecule has 0 N–H and O–H groups in total. The van der Waals surface area contributed by atoms with Crippen LogP contribution in [0.1, 0.15) is 33.5 Å². The van der Waals surface area contributed by atoms with E-state index in [1.807, 2.05) is 36.4 Å². The van der Waals surface area contributed by atoms with Gasteiger partial charge in [-0.05, 0) is 42.2 Å². The second kappa shape index (κ2) is 7.95. The molecule has 2 aromatic carbocycles. The van der Waals surface area contributed by atoms with Gasteiger partial charge in [0.15, 0.2) is 0 Å². The molecule has 0 aromatic heterocycles. The molecule has 0 aliphatic carbocycles. The van der Waals surface area contributed by atoms with Crippen LogP contribution in [0.2, 0.25) is 0 Å². The molecule has 0 spiro atoms. The molecular weight excluding hydrogens is 328 g/mol. The number of aldehydes is 1. The number of nitrogens with zero attached hydrogens (tertiary/aromatic N) is 2. The molecule has 5 heteroatoms. The summed E-state index contributed by atoms with van der Waals surface area (Å²) < 4.78 is 0. The van der Waals surface area contributed by atoms with E-state index in [9.17, 15) is 9.59 Å². The number of hydrogen-bond donors (Lipinski definition) is 0. The maximum absolute atomic E-state index is 12.8. The largest absolute Gasteiger partial charge is 0.399 e. The Morgan fingerprint density at radius 3 is 2.62 bits per heavy atom. The van der Waals surface area contributed by atoms with Crippen molar-refractivity contribution in [1.29, 1.82) is 0 Å². The Kier molecular flexibility index (Phi) is 5.46. The lowest BCUT2D eigenvalue weighted by Crippen LogP contribution is -2.36. The van der Waals surface area contributed by atoms with Crippen LogP contribution in [-0.4, -0.2) is 42.5 Å². The van der Waals surface area contributed by atoms with E-state index < -0.39 is 6.04 Å². The van der Waals surface area contributed by atoms with E-state index in [4.69, 9.17) is 4.84 Å². The fraction of sp³-hybridized carbons (Fsp3) is 0.286. The minimum Gasteiger partial charge on any atom is -0.399 e. The van der Waals surface area contributed by atoms with E-state index in [2.05, 4.69) is 24.2 Å². The van der Waals surface area contributed by atoms with Crippen molar-refractivity contribution in [3.63, 3.8) is 0 Å². The van der Waals surface area contributed by atoms with Crippen molar-refractivity contribution in [3.05, 3.63) is 70.8 Å². The van der Waals surface area contributed by atoms with Crippen LogP contribution >= 0.6 is 0 Å². The Morgan fingerprint density at radius 1 is 1.23 bits per heavy atom. The normalized spacial score (nSPS) is 18.2. The number of hydrogen-bond acceptors (Lipinski definition) is 4. The first-order valence-electron chi connectivity index (χ1n) is 8.61. The Bertz CT molecular complexity index is 827. The summed E-state index contributed by atoms with van der Waals surface area (Å²) in [6, 6.07) is 15.4. The van der Waals surface area contributed by atoms with Gasteiger partial charge >= 0.3 is 0 Å². The molecule has 1 heterocycles. The third kappa shape index (κ3) is 3.82. The first-order valence-corrected chi connectivity index (χ1v) is 8.61. The van der Waals surface area contributed by atoms with Gasteiger partial charge in [-0.3, -0.25) is 4.79 Å². The zero-order valence-corrected chi connectivity index (χ0v) is 15.0. The molecule has 26 heavy (non-hydrogen) atoms. The number of aryl methyl sites for hydroxylation is 1. The Morgan fingerprint density at radius 2 is 1.96 bits per heavy atom. The SMILES string of the molecule is CO/N=C1/CC(C=O)N(C(=O)c2ccc(Cc3ccccc3C)cc2)C1. The molecule has 1 aliphatic heterocycles. The van der Waals surface area contributed by atoms with Crippen LogP contribution < -0.4 is 0 Å². The van der Waals surface area contributed by atoms with Gasteiger partial charge in [-0.25, -0.2) is 0 Å². The summed E-state index contributed by atoms with van der Waals surface area (Å²) in [5.74, 6) is -0.161. The van der Waals surface area contributed by atoms with Gasteiger partial charge in [-0.1, -0.05) is 41.6 Å². The Hall–Kier alpha value is -2.95. The highest BCUT2D eigenvalue weighted by molar-refractivity contribution is 6.02. The van der Waals surface area contributed by atoms with Gasteiger partial charge in [0.05, 0.1) is 18.3 Å². The highest BCUT2D eigenvalue weighted by Crippen LogP contribution is 2.19. The zero-order chi connectivity index (χ0) is 18.5. The van der Waals surface area contributed by atoms with Crippen LogP contribution in [0.5, 0.6) is 0 Å². The maximum Gasteiger partial charge on any atom is 0.254 e. The molecule has 1 fully saturated rings. The van der Waals surface area contributed by atoms with Crippen molar-refractivity contribution in [1.82, 2.24) is 4.90 Å². The van der Waals surface area contributed by atoms with Gasteiger partial charge in [0, 0.05) is 12.0 Å². The molecule has 1 amide bonds. The fourth-order valence-corrected chi connectivity index (χ4v) is 3.23. The Labute approximate surface area is 153 Å². The highest BCUT2D eigenvalue weighted by Gasteiger charge is 2.33. The standard InChI is InChI=1S/C21H22N2O3/c1-15-5-3-4-6-18(15)11-16-7-9-17(10-8-16)21(25)23-13-19(22-26-2)12-20(23)14-24/h3-10,14,20H,11-13H2,1-2H3/b22-19-. The second-order valence-corrected chi connectivity index (χ2v) is 6.48. The average molecular weight is 350 g/mol. The molecule has 134 valence electrons. The quantitative estimate of drug-likeness (QED) is 0.615. The summed E-state index contributed by atoms with van der Waals surface area (Å²) in [5.41, 5.74) is 4.94. The van der Waals surface area contributed by atoms with Gasteiger partial charge in [-0.2, -0.15) is 0 Å². The van der Waals surface area contributed by atoms with Crippen LogP contribution in [0.15, 0.2) is 53.7 Å². The average Bonchev–Trinajstić information content (AvgIpc) is 3.07. The molecule has 0 saturated carbocycles. The lowest BCUT2D eigenvalue weighted by Gasteiger charge is -2.19. The molecule has 1 atom stereocenters. The van der Waals surface area contributed by atoms with Crippen LogP contribution in [0.4, 0.5) is 0 Å². The van der Waals surface area contributed by atoms with Gasteiger partial charge < -0.3 is 14.5 Å². The van der Waals surface area contributed by atoms with E-state index in [-0.39, 0.29) is 5.91 Å². The number of likely N-dealkylation sites (tertiary alicyclic amines) is 1. The number of amides is 1. The monoisotopic (exact) mass is 350 g/mol. The predicted octanol–water partition coefficient (Wildman–Crippen LogP) is 3.00. The number of oxime groups is 1. The minimum atomic E-state index is -0.483. The van der Waals surface area contributed by atoms with Crippen molar-refractivity contribution in [2.45, 2.75) is 25.8 Å². The second-order valence-electron chi connectivity index (χ2n) is 6.48. The highest BCUT2D eigenvalue weighted by atomic mass is 16.6. The summed E-state index contributed by atoms with van der Waals surface area (Å²) in [6.07, 6.45) is 2.05. The van der Waals surface area contributed by atoms with E-state index in [1.54, 1.807) is 4.90 Å². The minimum absolute atomic E-state index is 0.161. The topological polar surface area (TPSA) is 59.0 Å². The zero-order valence-electron chi connectivity index (χ0n) is 15.0. The van der Waals surface area contributed by atoms with E-state index in [0.717, 1.165) is 18.3 Å². The smallest absolute Gasteiger partial charge is 0.254 e. The maximum atomic E-state index is 12.8. The van der Waals surface area contributed by atoms with Crippen LogP contribution in [0.3, 0.4) is 0 Å². The first-order chi connectivity index (χ1) is 12.6. The van der Waals surface area contributed by atoms with Crippen LogP contribution in [-0.2, 0) is 16.1 Å². The third-order valence-electron chi connectivity index (χ3n) is 4.69.